The van der Waals surface area contributed by atoms with Crippen LogP contribution in [0.25, 0.3) is 0 Å². The number of hydrogen-bond acceptors (Lipinski definition) is 3. The van der Waals surface area contributed by atoms with Gasteiger partial charge in [-0.3, -0.25) is 4.79 Å². The molecule has 0 fully saturated rings. The molecule has 2 aromatic carbocycles. The number of carbonyl (C=O) groups excluding carboxylic acids is 1. The zero-order valence-electron chi connectivity index (χ0n) is 15.7. The number of anilines is 1. The molecule has 0 saturated carbocycles. The lowest BCUT2D eigenvalue weighted by molar-refractivity contribution is -0.112. The van der Waals surface area contributed by atoms with Gasteiger partial charge in [-0.2, -0.15) is 5.26 Å². The Morgan fingerprint density at radius 3 is 2.41 bits per heavy atom. The number of carbonyl (C=O) groups is 1. The van der Waals surface area contributed by atoms with E-state index in [9.17, 15) is 14.4 Å². The molecule has 0 unspecified atom stereocenters. The Hall–Kier alpha value is -3.13. The molecule has 4 nitrogen and oxygen atoms in total. The second-order valence-corrected chi connectivity index (χ2v) is 6.12. The zero-order chi connectivity index (χ0) is 19.6. The van der Waals surface area contributed by atoms with E-state index >= 15 is 0 Å². The van der Waals surface area contributed by atoms with E-state index in [0.29, 0.717) is 13.0 Å². The molecular weight excluding hydrogens is 341 g/mol. The van der Waals surface area contributed by atoms with Gasteiger partial charge in [0.1, 0.15) is 17.5 Å². The fraction of sp³-hybridized carbons (Fsp3) is 0.273. The number of para-hydroxylation sites is 1. The van der Waals surface area contributed by atoms with Crippen molar-refractivity contribution in [1.82, 2.24) is 5.32 Å². The molecule has 5 heteroatoms. The van der Waals surface area contributed by atoms with Crippen molar-refractivity contribution in [1.29, 1.82) is 5.26 Å². The predicted molar refractivity (Wildman–Crippen MR) is 106 cm³/mol. The molecule has 0 aromatic heterocycles. The van der Waals surface area contributed by atoms with Crippen LogP contribution in [0.5, 0.6) is 0 Å². The average Bonchev–Trinajstić information content (AvgIpc) is 2.68. The number of aryl methyl sites for hydroxylation is 2. The van der Waals surface area contributed by atoms with Gasteiger partial charge >= 0.3 is 0 Å². The van der Waals surface area contributed by atoms with Gasteiger partial charge in [-0.25, -0.2) is 4.39 Å². The molecule has 140 valence electrons. The maximum absolute atomic E-state index is 13.2. The predicted octanol–water partition coefficient (Wildman–Crippen LogP) is 4.13. The van der Waals surface area contributed by atoms with Crippen LogP contribution in [0.1, 0.15) is 30.5 Å². The molecular formula is C22H24FN3O. The van der Waals surface area contributed by atoms with Crippen molar-refractivity contribution in [2.75, 3.05) is 11.9 Å². The van der Waals surface area contributed by atoms with E-state index < -0.39 is 5.91 Å². The molecule has 0 spiro atoms. The SMILES string of the molecule is CCc1cccc(CC)c1NC(=O)/C(C#N)=C\NCCc1cccc(F)c1. The molecule has 1 amide bonds. The van der Waals surface area contributed by atoms with Crippen LogP contribution in [0.4, 0.5) is 10.1 Å². The van der Waals surface area contributed by atoms with E-state index in [4.69, 9.17) is 0 Å². The second-order valence-electron chi connectivity index (χ2n) is 6.12. The molecule has 0 radical (unpaired) electrons. The lowest BCUT2D eigenvalue weighted by atomic mass is 10.0. The molecule has 2 rings (SSSR count). The Morgan fingerprint density at radius 1 is 1.15 bits per heavy atom. The first kappa shape index (κ1) is 20.2. The molecule has 27 heavy (non-hydrogen) atoms. The van der Waals surface area contributed by atoms with Gasteiger partial charge in [0.15, 0.2) is 0 Å². The van der Waals surface area contributed by atoms with Gasteiger partial charge in [-0.1, -0.05) is 44.2 Å². The summed E-state index contributed by atoms with van der Waals surface area (Å²) in [5.74, 6) is -0.715. The van der Waals surface area contributed by atoms with Gasteiger partial charge in [0.25, 0.3) is 5.91 Å². The molecule has 2 N–H and O–H groups in total. The van der Waals surface area contributed by atoms with E-state index in [1.807, 2.05) is 44.2 Å². The smallest absolute Gasteiger partial charge is 0.267 e. The maximum atomic E-state index is 13.2. The summed E-state index contributed by atoms with van der Waals surface area (Å²) < 4.78 is 13.2. The van der Waals surface area contributed by atoms with E-state index in [1.54, 1.807) is 6.07 Å². The number of nitrogens with zero attached hydrogens (tertiary/aromatic N) is 1. The number of halogens is 1. The van der Waals surface area contributed by atoms with Crippen LogP contribution in [-0.2, 0) is 24.1 Å². The largest absolute Gasteiger partial charge is 0.389 e. The van der Waals surface area contributed by atoms with E-state index in [2.05, 4.69) is 10.6 Å². The van der Waals surface area contributed by atoms with Crippen molar-refractivity contribution in [2.24, 2.45) is 0 Å². The van der Waals surface area contributed by atoms with Crippen molar-refractivity contribution in [3.05, 3.63) is 76.7 Å². The van der Waals surface area contributed by atoms with E-state index in [-0.39, 0.29) is 11.4 Å². The highest BCUT2D eigenvalue weighted by molar-refractivity contribution is 6.07. The summed E-state index contributed by atoms with van der Waals surface area (Å²) >= 11 is 0. The standard InChI is InChI=1S/C22H24FN3O/c1-3-17-8-6-9-18(4-2)21(17)26-22(27)19(14-24)15-25-12-11-16-7-5-10-20(23)13-16/h5-10,13,15,25H,3-4,11-12H2,1-2H3,(H,26,27)/b19-15-. The topological polar surface area (TPSA) is 64.9 Å². The van der Waals surface area contributed by atoms with Crippen molar-refractivity contribution in [2.45, 2.75) is 33.1 Å². The number of benzene rings is 2. The monoisotopic (exact) mass is 365 g/mol. The van der Waals surface area contributed by atoms with Gasteiger partial charge in [0.05, 0.1) is 0 Å². The van der Waals surface area contributed by atoms with Gasteiger partial charge in [0.2, 0.25) is 0 Å². The summed E-state index contributed by atoms with van der Waals surface area (Å²) in [6.45, 7) is 4.55. The first-order valence-corrected chi connectivity index (χ1v) is 9.09. The fourth-order valence-corrected chi connectivity index (χ4v) is 2.82. The van der Waals surface area contributed by atoms with Crippen LogP contribution in [0.3, 0.4) is 0 Å². The molecule has 0 bridgehead atoms. The third kappa shape index (κ3) is 5.68. The Bertz CT molecular complexity index is 846. The molecule has 0 aliphatic heterocycles. The van der Waals surface area contributed by atoms with Crippen molar-refractivity contribution in [3.63, 3.8) is 0 Å². The molecule has 0 aliphatic rings. The number of nitrogens with one attached hydrogen (secondary N) is 2. The number of hydrogen-bond donors (Lipinski definition) is 2. The maximum Gasteiger partial charge on any atom is 0.267 e. The summed E-state index contributed by atoms with van der Waals surface area (Å²) in [5.41, 5.74) is 3.72. The molecule has 0 saturated heterocycles. The number of amides is 1. The Labute approximate surface area is 159 Å². The fourth-order valence-electron chi connectivity index (χ4n) is 2.82. The molecule has 0 aliphatic carbocycles. The quantitative estimate of drug-likeness (QED) is 0.420. The highest BCUT2D eigenvalue weighted by Gasteiger charge is 2.13. The third-order valence-electron chi connectivity index (χ3n) is 4.30. The van der Waals surface area contributed by atoms with Crippen LogP contribution in [0.2, 0.25) is 0 Å². The van der Waals surface area contributed by atoms with Crippen LogP contribution in [0.15, 0.2) is 54.2 Å². The van der Waals surface area contributed by atoms with E-state index in [1.165, 1.54) is 18.3 Å². The van der Waals surface area contributed by atoms with Crippen LogP contribution >= 0.6 is 0 Å². The van der Waals surface area contributed by atoms with Crippen LogP contribution in [-0.4, -0.2) is 12.5 Å². The van der Waals surface area contributed by atoms with Gasteiger partial charge in [-0.05, 0) is 48.1 Å². The van der Waals surface area contributed by atoms with Gasteiger partial charge in [-0.15, -0.1) is 0 Å². The highest BCUT2D eigenvalue weighted by atomic mass is 19.1. The number of nitriles is 1. The van der Waals surface area contributed by atoms with Crippen molar-refractivity contribution >= 4 is 11.6 Å². The Balaban J connectivity index is 2.01. The van der Waals surface area contributed by atoms with E-state index in [0.717, 1.165) is 35.2 Å². The summed E-state index contributed by atoms with van der Waals surface area (Å²) in [4.78, 5) is 12.5. The lowest BCUT2D eigenvalue weighted by Crippen LogP contribution is -2.19. The van der Waals surface area contributed by atoms with Crippen LogP contribution < -0.4 is 10.6 Å². The summed E-state index contributed by atoms with van der Waals surface area (Å²) in [6.07, 6.45) is 3.59. The average molecular weight is 365 g/mol. The normalized spacial score (nSPS) is 11.0. The first-order chi connectivity index (χ1) is 13.1. The third-order valence-corrected chi connectivity index (χ3v) is 4.30. The highest BCUT2D eigenvalue weighted by Crippen LogP contribution is 2.23. The molecule has 0 heterocycles. The Kier molecular flexibility index (Phi) is 7.57. The summed E-state index contributed by atoms with van der Waals surface area (Å²) in [6, 6.07) is 14.2. The Morgan fingerprint density at radius 2 is 1.81 bits per heavy atom. The molecule has 2 aromatic rings. The van der Waals surface area contributed by atoms with Gasteiger partial charge in [0, 0.05) is 18.4 Å². The lowest BCUT2D eigenvalue weighted by Gasteiger charge is -2.14. The van der Waals surface area contributed by atoms with Gasteiger partial charge < -0.3 is 10.6 Å². The zero-order valence-corrected chi connectivity index (χ0v) is 15.7. The minimum atomic E-state index is -0.439. The second kappa shape index (κ2) is 10.1. The minimum Gasteiger partial charge on any atom is -0.389 e. The molecule has 0 atom stereocenters. The number of rotatable bonds is 8. The van der Waals surface area contributed by atoms with Crippen molar-refractivity contribution < 1.29 is 9.18 Å². The first-order valence-electron chi connectivity index (χ1n) is 9.09. The summed E-state index contributed by atoms with van der Waals surface area (Å²) in [7, 11) is 0. The summed E-state index contributed by atoms with van der Waals surface area (Å²) in [5, 5.41) is 15.2. The van der Waals surface area contributed by atoms with Crippen molar-refractivity contribution in [3.8, 4) is 6.07 Å². The van der Waals surface area contributed by atoms with Crippen LogP contribution in [0, 0.1) is 17.1 Å². The minimum absolute atomic E-state index is 0.00204.